The molecule has 92 valence electrons. The molecule has 2 rings (SSSR count). The molecule has 0 aliphatic carbocycles. The highest BCUT2D eigenvalue weighted by Gasteiger charge is 2.19. The molecule has 1 saturated heterocycles. The molecule has 0 unspecified atom stereocenters. The zero-order chi connectivity index (χ0) is 12.3. The number of methoxy groups -OCH3 is 2. The first-order valence-corrected chi connectivity index (χ1v) is 5.46. The van der Waals surface area contributed by atoms with E-state index in [0.29, 0.717) is 24.6 Å². The lowest BCUT2D eigenvalue weighted by Crippen LogP contribution is -2.46. The van der Waals surface area contributed by atoms with Gasteiger partial charge in [-0.1, -0.05) is 6.07 Å². The molecule has 17 heavy (non-hydrogen) atoms. The summed E-state index contributed by atoms with van der Waals surface area (Å²) >= 11 is 0. The predicted octanol–water partition coefficient (Wildman–Crippen LogP) is 0.464. The summed E-state index contributed by atoms with van der Waals surface area (Å²) in [6.45, 7) is 0.938. The van der Waals surface area contributed by atoms with Crippen LogP contribution >= 0.6 is 0 Å². The van der Waals surface area contributed by atoms with Gasteiger partial charge >= 0.3 is 0 Å². The molecule has 1 heterocycles. The minimum atomic E-state index is 0.0294. The Kier molecular flexibility index (Phi) is 3.49. The number of hydrogen-bond acceptors (Lipinski definition) is 4. The molecule has 0 spiro atoms. The summed E-state index contributed by atoms with van der Waals surface area (Å²) in [6.07, 6.45) is 0. The van der Waals surface area contributed by atoms with Crippen molar-refractivity contribution in [1.29, 1.82) is 0 Å². The summed E-state index contributed by atoms with van der Waals surface area (Å²) in [7, 11) is 3.22. The summed E-state index contributed by atoms with van der Waals surface area (Å²) < 4.78 is 10.4. The Labute approximate surface area is 100 Å². The van der Waals surface area contributed by atoms with Crippen LogP contribution in [0.1, 0.15) is 11.6 Å². The van der Waals surface area contributed by atoms with Crippen molar-refractivity contribution in [1.82, 2.24) is 10.6 Å². The molecule has 1 aromatic rings. The third-order valence-corrected chi connectivity index (χ3v) is 2.82. The van der Waals surface area contributed by atoms with Gasteiger partial charge in [0.2, 0.25) is 5.91 Å². The zero-order valence-electron chi connectivity index (χ0n) is 9.95. The Morgan fingerprint density at radius 2 is 2.00 bits per heavy atom. The third-order valence-electron chi connectivity index (χ3n) is 2.82. The van der Waals surface area contributed by atoms with Crippen molar-refractivity contribution in [3.05, 3.63) is 23.8 Å². The molecule has 0 radical (unpaired) electrons. The van der Waals surface area contributed by atoms with Gasteiger partial charge in [-0.25, -0.2) is 0 Å². The molecule has 5 nitrogen and oxygen atoms in total. The van der Waals surface area contributed by atoms with E-state index in [9.17, 15) is 4.79 Å². The van der Waals surface area contributed by atoms with Crippen molar-refractivity contribution >= 4 is 5.91 Å². The van der Waals surface area contributed by atoms with Gasteiger partial charge in [0.1, 0.15) is 0 Å². The van der Waals surface area contributed by atoms with E-state index < -0.39 is 0 Å². The fourth-order valence-corrected chi connectivity index (χ4v) is 1.87. The molecule has 1 atom stereocenters. The molecule has 1 amide bonds. The maximum atomic E-state index is 11.0. The molecule has 1 aliphatic heterocycles. The van der Waals surface area contributed by atoms with Crippen LogP contribution in [0.3, 0.4) is 0 Å². The highest BCUT2D eigenvalue weighted by atomic mass is 16.5. The van der Waals surface area contributed by atoms with E-state index in [1.165, 1.54) is 0 Å². The van der Waals surface area contributed by atoms with Gasteiger partial charge in [-0.05, 0) is 17.7 Å². The van der Waals surface area contributed by atoms with Crippen LogP contribution in [0.25, 0.3) is 0 Å². The molecule has 1 aliphatic rings. The minimum Gasteiger partial charge on any atom is -0.493 e. The lowest BCUT2D eigenvalue weighted by molar-refractivity contribution is -0.121. The molecule has 2 N–H and O–H groups in total. The SMILES string of the molecule is COc1ccc([C@H]2CNC(=O)CN2)cc1OC. The van der Waals surface area contributed by atoms with Gasteiger partial charge in [-0.15, -0.1) is 0 Å². The summed E-state index contributed by atoms with van der Waals surface area (Å²) in [5.41, 5.74) is 1.07. The fourth-order valence-electron chi connectivity index (χ4n) is 1.87. The first-order valence-electron chi connectivity index (χ1n) is 5.46. The Morgan fingerprint density at radius 1 is 1.24 bits per heavy atom. The van der Waals surface area contributed by atoms with Crippen molar-refractivity contribution in [3.8, 4) is 11.5 Å². The Hall–Kier alpha value is -1.75. The lowest BCUT2D eigenvalue weighted by atomic mass is 10.0. The largest absolute Gasteiger partial charge is 0.493 e. The van der Waals surface area contributed by atoms with Crippen molar-refractivity contribution in [2.24, 2.45) is 0 Å². The number of rotatable bonds is 3. The Balaban J connectivity index is 2.18. The molecule has 1 aromatic carbocycles. The maximum Gasteiger partial charge on any atom is 0.234 e. The number of carbonyl (C=O) groups excluding carboxylic acids is 1. The summed E-state index contributed by atoms with van der Waals surface area (Å²) in [6, 6.07) is 5.88. The van der Waals surface area contributed by atoms with Crippen LogP contribution in [-0.2, 0) is 4.79 Å². The number of hydrogen-bond donors (Lipinski definition) is 2. The number of carbonyl (C=O) groups is 1. The monoisotopic (exact) mass is 236 g/mol. The van der Waals surface area contributed by atoms with E-state index in [4.69, 9.17) is 9.47 Å². The Morgan fingerprint density at radius 3 is 2.59 bits per heavy atom. The molecule has 0 saturated carbocycles. The van der Waals surface area contributed by atoms with Crippen LogP contribution in [-0.4, -0.2) is 33.2 Å². The van der Waals surface area contributed by atoms with E-state index in [2.05, 4.69) is 10.6 Å². The van der Waals surface area contributed by atoms with Crippen molar-refractivity contribution in [2.75, 3.05) is 27.3 Å². The van der Waals surface area contributed by atoms with E-state index in [1.807, 2.05) is 18.2 Å². The van der Waals surface area contributed by atoms with Crippen molar-refractivity contribution in [2.45, 2.75) is 6.04 Å². The zero-order valence-corrected chi connectivity index (χ0v) is 9.95. The summed E-state index contributed by atoms with van der Waals surface area (Å²) in [4.78, 5) is 11.0. The molecule has 0 aromatic heterocycles. The minimum absolute atomic E-state index is 0.0294. The molecular formula is C12H16N2O3. The topological polar surface area (TPSA) is 59.6 Å². The number of nitrogens with one attached hydrogen (secondary N) is 2. The van der Waals surface area contributed by atoms with Gasteiger partial charge in [-0.3, -0.25) is 10.1 Å². The normalized spacial score (nSPS) is 19.6. The van der Waals surface area contributed by atoms with Crippen LogP contribution in [0.2, 0.25) is 0 Å². The van der Waals surface area contributed by atoms with E-state index in [1.54, 1.807) is 14.2 Å². The van der Waals surface area contributed by atoms with Crippen LogP contribution in [0.4, 0.5) is 0 Å². The lowest BCUT2D eigenvalue weighted by Gasteiger charge is -2.25. The van der Waals surface area contributed by atoms with Crippen LogP contribution in [0, 0.1) is 0 Å². The Bertz CT molecular complexity index is 410. The van der Waals surface area contributed by atoms with Gasteiger partial charge in [0.15, 0.2) is 11.5 Å². The third kappa shape index (κ3) is 2.50. The molecule has 1 fully saturated rings. The second-order valence-electron chi connectivity index (χ2n) is 3.85. The second kappa shape index (κ2) is 5.05. The standard InChI is InChI=1S/C12H16N2O3/c1-16-10-4-3-8(5-11(10)17-2)9-6-14-12(15)7-13-9/h3-5,9,13H,6-7H2,1-2H3,(H,14,15)/t9-/m1/s1. The smallest absolute Gasteiger partial charge is 0.234 e. The van der Waals surface area contributed by atoms with Crippen LogP contribution in [0.5, 0.6) is 11.5 Å². The van der Waals surface area contributed by atoms with Gasteiger partial charge in [0.05, 0.1) is 26.8 Å². The highest BCUT2D eigenvalue weighted by Crippen LogP contribution is 2.30. The number of amides is 1. The average molecular weight is 236 g/mol. The van der Waals surface area contributed by atoms with E-state index >= 15 is 0 Å². The first-order chi connectivity index (χ1) is 8.24. The number of ether oxygens (including phenoxy) is 2. The van der Waals surface area contributed by atoms with Gasteiger partial charge in [-0.2, -0.15) is 0 Å². The van der Waals surface area contributed by atoms with Gasteiger partial charge in [0, 0.05) is 6.54 Å². The number of piperazine rings is 1. The van der Waals surface area contributed by atoms with Crippen molar-refractivity contribution < 1.29 is 14.3 Å². The highest BCUT2D eigenvalue weighted by molar-refractivity contribution is 5.78. The summed E-state index contributed by atoms with van der Waals surface area (Å²) in [5, 5.41) is 5.99. The van der Waals surface area contributed by atoms with Gasteiger partial charge in [0.25, 0.3) is 0 Å². The van der Waals surface area contributed by atoms with Gasteiger partial charge < -0.3 is 14.8 Å². The van der Waals surface area contributed by atoms with Crippen molar-refractivity contribution in [3.63, 3.8) is 0 Å². The number of benzene rings is 1. The average Bonchev–Trinajstić information content (AvgIpc) is 2.39. The molecule has 0 bridgehead atoms. The molecule has 5 heteroatoms. The van der Waals surface area contributed by atoms with Crippen LogP contribution < -0.4 is 20.1 Å². The molecular weight excluding hydrogens is 220 g/mol. The fraction of sp³-hybridized carbons (Fsp3) is 0.417. The summed E-state index contributed by atoms with van der Waals surface area (Å²) in [5.74, 6) is 1.43. The predicted molar refractivity (Wildman–Crippen MR) is 63.3 cm³/mol. The second-order valence-corrected chi connectivity index (χ2v) is 3.85. The van der Waals surface area contributed by atoms with E-state index in [0.717, 1.165) is 5.56 Å². The first kappa shape index (κ1) is 11.7. The van der Waals surface area contributed by atoms with E-state index in [-0.39, 0.29) is 11.9 Å². The van der Waals surface area contributed by atoms with Crippen LogP contribution in [0.15, 0.2) is 18.2 Å². The maximum absolute atomic E-state index is 11.0. The quantitative estimate of drug-likeness (QED) is 0.800.